The molecule has 1 nitrogen and oxygen atoms in total. The number of hydrogen-bond acceptors (Lipinski definition) is 1. The molecule has 0 saturated heterocycles. The fourth-order valence-electron chi connectivity index (χ4n) is 1.33. The average molecular weight is 264 g/mol. The second-order valence-electron chi connectivity index (χ2n) is 3.07. The van der Waals surface area contributed by atoms with Crippen LogP contribution in [0.5, 0.6) is 0 Å². The third-order valence-corrected chi connectivity index (χ3v) is 2.61. The van der Waals surface area contributed by atoms with Crippen LogP contribution in [0.2, 0.25) is 0 Å². The first-order chi connectivity index (χ1) is 6.65. The molecule has 78 valence electrons. The van der Waals surface area contributed by atoms with Crippen molar-refractivity contribution in [1.82, 2.24) is 0 Å². The molecule has 0 aliphatic heterocycles. The van der Waals surface area contributed by atoms with E-state index in [9.17, 15) is 8.78 Å². The summed E-state index contributed by atoms with van der Waals surface area (Å²) in [5, 5.41) is 0. The predicted octanol–water partition coefficient (Wildman–Crippen LogP) is 3.15. The van der Waals surface area contributed by atoms with Crippen molar-refractivity contribution in [3.05, 3.63) is 34.3 Å². The highest BCUT2D eigenvalue weighted by Crippen LogP contribution is 2.27. The van der Waals surface area contributed by atoms with Crippen molar-refractivity contribution in [3.8, 4) is 0 Å². The summed E-state index contributed by atoms with van der Waals surface area (Å²) in [5.41, 5.74) is 5.94. The number of rotatable bonds is 4. The van der Waals surface area contributed by atoms with Crippen LogP contribution in [-0.4, -0.2) is 13.0 Å². The Kier molecular flexibility index (Phi) is 4.48. The zero-order valence-corrected chi connectivity index (χ0v) is 9.18. The molecule has 4 heteroatoms. The molecule has 1 unspecified atom stereocenters. The van der Waals surface area contributed by atoms with Gasteiger partial charge in [0.1, 0.15) is 0 Å². The van der Waals surface area contributed by atoms with Gasteiger partial charge in [0, 0.05) is 10.4 Å². The Morgan fingerprint density at radius 3 is 2.21 bits per heavy atom. The summed E-state index contributed by atoms with van der Waals surface area (Å²) in [6.07, 6.45) is -2.03. The summed E-state index contributed by atoms with van der Waals surface area (Å²) in [6, 6.07) is 6.94. The third kappa shape index (κ3) is 3.03. The summed E-state index contributed by atoms with van der Waals surface area (Å²) in [5.74, 6) is -0.743. The summed E-state index contributed by atoms with van der Waals surface area (Å²) in [6.45, 7) is 0.283. The summed E-state index contributed by atoms with van der Waals surface area (Å²) in [4.78, 5) is 0. The van der Waals surface area contributed by atoms with Gasteiger partial charge in [-0.25, -0.2) is 8.78 Å². The van der Waals surface area contributed by atoms with Crippen LogP contribution in [0.15, 0.2) is 28.7 Å². The van der Waals surface area contributed by atoms with Crippen LogP contribution in [0, 0.1) is 0 Å². The van der Waals surface area contributed by atoms with Gasteiger partial charge in [0.05, 0.1) is 0 Å². The van der Waals surface area contributed by atoms with Gasteiger partial charge in [0.2, 0.25) is 6.43 Å². The molecular weight excluding hydrogens is 252 g/mol. The number of alkyl halides is 2. The maximum atomic E-state index is 12.6. The largest absolute Gasteiger partial charge is 0.330 e. The summed E-state index contributed by atoms with van der Waals surface area (Å²) < 4.78 is 26.1. The van der Waals surface area contributed by atoms with Gasteiger partial charge in [0.15, 0.2) is 0 Å². The maximum absolute atomic E-state index is 12.6. The van der Waals surface area contributed by atoms with Crippen LogP contribution in [0.3, 0.4) is 0 Å². The molecule has 0 aliphatic rings. The molecule has 1 rings (SSSR count). The fourth-order valence-corrected chi connectivity index (χ4v) is 1.59. The van der Waals surface area contributed by atoms with E-state index in [0.717, 1.165) is 4.47 Å². The Balaban J connectivity index is 2.82. The minimum absolute atomic E-state index is 0.283. The predicted molar refractivity (Wildman–Crippen MR) is 56.6 cm³/mol. The Hall–Kier alpha value is -0.480. The molecule has 0 saturated carbocycles. The SMILES string of the molecule is NCCC(c1ccc(Br)cc1)C(F)F. The summed E-state index contributed by atoms with van der Waals surface area (Å²) >= 11 is 3.26. The second-order valence-corrected chi connectivity index (χ2v) is 3.99. The molecule has 0 radical (unpaired) electrons. The Bertz CT molecular complexity index is 274. The molecule has 2 N–H and O–H groups in total. The van der Waals surface area contributed by atoms with E-state index < -0.39 is 12.3 Å². The molecule has 0 aliphatic carbocycles. The molecule has 1 atom stereocenters. The van der Waals surface area contributed by atoms with E-state index in [4.69, 9.17) is 5.73 Å². The molecule has 0 fully saturated rings. The van der Waals surface area contributed by atoms with Crippen LogP contribution < -0.4 is 5.73 Å². The number of nitrogens with two attached hydrogens (primary N) is 1. The van der Waals surface area contributed by atoms with Crippen molar-refractivity contribution in [1.29, 1.82) is 0 Å². The Morgan fingerprint density at radius 1 is 1.21 bits per heavy atom. The highest BCUT2D eigenvalue weighted by molar-refractivity contribution is 9.10. The molecule has 0 amide bonds. The van der Waals surface area contributed by atoms with E-state index in [1.165, 1.54) is 0 Å². The molecule has 0 bridgehead atoms. The first-order valence-electron chi connectivity index (χ1n) is 4.39. The quantitative estimate of drug-likeness (QED) is 0.888. The molecule has 14 heavy (non-hydrogen) atoms. The topological polar surface area (TPSA) is 26.0 Å². The lowest BCUT2D eigenvalue weighted by Gasteiger charge is -2.15. The highest BCUT2D eigenvalue weighted by atomic mass is 79.9. The zero-order chi connectivity index (χ0) is 10.6. The van der Waals surface area contributed by atoms with Crippen LogP contribution in [0.1, 0.15) is 17.9 Å². The zero-order valence-electron chi connectivity index (χ0n) is 7.59. The number of benzene rings is 1. The minimum Gasteiger partial charge on any atom is -0.330 e. The monoisotopic (exact) mass is 263 g/mol. The van der Waals surface area contributed by atoms with Crippen LogP contribution in [0.25, 0.3) is 0 Å². The van der Waals surface area contributed by atoms with Crippen molar-refractivity contribution >= 4 is 15.9 Å². The number of hydrogen-bond donors (Lipinski definition) is 1. The van der Waals surface area contributed by atoms with E-state index in [1.807, 2.05) is 0 Å². The van der Waals surface area contributed by atoms with Crippen molar-refractivity contribution in [2.45, 2.75) is 18.8 Å². The van der Waals surface area contributed by atoms with Gasteiger partial charge in [-0.3, -0.25) is 0 Å². The van der Waals surface area contributed by atoms with Crippen molar-refractivity contribution in [3.63, 3.8) is 0 Å². The molecule has 0 spiro atoms. The van der Waals surface area contributed by atoms with Crippen molar-refractivity contribution < 1.29 is 8.78 Å². The van der Waals surface area contributed by atoms with Gasteiger partial charge in [-0.05, 0) is 30.7 Å². The average Bonchev–Trinajstić information content (AvgIpc) is 2.15. The summed E-state index contributed by atoms with van der Waals surface area (Å²) in [7, 11) is 0. The molecule has 0 heterocycles. The smallest absolute Gasteiger partial charge is 0.245 e. The lowest BCUT2D eigenvalue weighted by atomic mass is 9.96. The first kappa shape index (κ1) is 11.6. The first-order valence-corrected chi connectivity index (χ1v) is 5.18. The van der Waals surface area contributed by atoms with Gasteiger partial charge in [-0.15, -0.1) is 0 Å². The highest BCUT2D eigenvalue weighted by Gasteiger charge is 2.21. The third-order valence-electron chi connectivity index (χ3n) is 2.08. The molecule has 1 aromatic carbocycles. The molecular formula is C10H12BrF2N. The Morgan fingerprint density at radius 2 is 1.79 bits per heavy atom. The lowest BCUT2D eigenvalue weighted by Crippen LogP contribution is -2.14. The second kappa shape index (κ2) is 5.41. The minimum atomic E-state index is -2.35. The van der Waals surface area contributed by atoms with Gasteiger partial charge in [-0.2, -0.15) is 0 Å². The van der Waals surface area contributed by atoms with Crippen LogP contribution in [-0.2, 0) is 0 Å². The van der Waals surface area contributed by atoms with E-state index in [-0.39, 0.29) is 6.54 Å². The van der Waals surface area contributed by atoms with Gasteiger partial charge < -0.3 is 5.73 Å². The van der Waals surface area contributed by atoms with Crippen molar-refractivity contribution in [2.75, 3.05) is 6.54 Å². The van der Waals surface area contributed by atoms with E-state index in [2.05, 4.69) is 15.9 Å². The molecule has 0 aromatic heterocycles. The number of halogens is 3. The standard InChI is InChI=1S/C10H12BrF2N/c11-8-3-1-7(2-4-8)9(5-6-14)10(12)13/h1-4,9-10H,5-6,14H2. The Labute approximate surface area is 90.4 Å². The molecule has 1 aromatic rings. The van der Waals surface area contributed by atoms with Crippen LogP contribution in [0.4, 0.5) is 8.78 Å². The van der Waals surface area contributed by atoms with Crippen LogP contribution >= 0.6 is 15.9 Å². The van der Waals surface area contributed by atoms with Gasteiger partial charge in [-0.1, -0.05) is 28.1 Å². The maximum Gasteiger partial charge on any atom is 0.245 e. The van der Waals surface area contributed by atoms with Crippen molar-refractivity contribution in [2.24, 2.45) is 5.73 Å². The van der Waals surface area contributed by atoms with Gasteiger partial charge >= 0.3 is 0 Å². The lowest BCUT2D eigenvalue weighted by molar-refractivity contribution is 0.111. The fraction of sp³-hybridized carbons (Fsp3) is 0.400. The van der Waals surface area contributed by atoms with Gasteiger partial charge in [0.25, 0.3) is 0 Å². The van der Waals surface area contributed by atoms with E-state index in [0.29, 0.717) is 12.0 Å². The van der Waals surface area contributed by atoms with E-state index in [1.54, 1.807) is 24.3 Å². The van der Waals surface area contributed by atoms with E-state index >= 15 is 0 Å². The normalized spacial score (nSPS) is 13.2.